The van der Waals surface area contributed by atoms with Gasteiger partial charge < -0.3 is 69.2 Å². The van der Waals surface area contributed by atoms with Gasteiger partial charge in [0.15, 0.2) is 24.0 Å². The molecule has 21 nitrogen and oxygen atoms in total. The molecule has 0 radical (unpaired) electrons. The first-order chi connectivity index (χ1) is 27.7. The van der Waals surface area contributed by atoms with E-state index in [0.717, 1.165) is 0 Å². The predicted molar refractivity (Wildman–Crippen MR) is 212 cm³/mol. The van der Waals surface area contributed by atoms with Gasteiger partial charge in [0, 0.05) is 26.5 Å². The summed E-state index contributed by atoms with van der Waals surface area (Å²) in [6, 6.07) is -0.921. The van der Waals surface area contributed by atoms with E-state index in [4.69, 9.17) is 43.4 Å². The van der Waals surface area contributed by atoms with Crippen LogP contribution in [0.3, 0.4) is 0 Å². The Morgan fingerprint density at radius 3 is 2.36 bits per heavy atom. The minimum absolute atomic E-state index is 0.156. The Morgan fingerprint density at radius 2 is 1.68 bits per heavy atom. The number of rotatable bonds is 22. The average molecular weight is 862 g/mol. The van der Waals surface area contributed by atoms with E-state index in [1.807, 2.05) is 27.7 Å². The molecule has 2 fully saturated rings. The number of fused-ring (bicyclic) bond motifs is 1. The van der Waals surface area contributed by atoms with Crippen molar-refractivity contribution in [3.63, 3.8) is 0 Å². The highest BCUT2D eigenvalue weighted by atomic mass is 31.2. The van der Waals surface area contributed by atoms with E-state index in [1.165, 1.54) is 19.6 Å². The van der Waals surface area contributed by atoms with Crippen molar-refractivity contribution < 1.29 is 66.9 Å². The van der Waals surface area contributed by atoms with E-state index in [0.29, 0.717) is 30.4 Å². The predicted octanol–water partition coefficient (Wildman–Crippen LogP) is 1.53. The lowest BCUT2D eigenvalue weighted by Gasteiger charge is -2.42. The van der Waals surface area contributed by atoms with Crippen LogP contribution >= 0.6 is 7.60 Å². The van der Waals surface area contributed by atoms with Gasteiger partial charge >= 0.3 is 7.60 Å². The molecule has 2 amide bonds. The summed E-state index contributed by atoms with van der Waals surface area (Å²) >= 11 is 0. The quantitative estimate of drug-likeness (QED) is 0.0556. The number of aliphatic hydroxyl groups excluding tert-OH is 2. The normalized spacial score (nSPS) is 27.5. The van der Waals surface area contributed by atoms with Crippen LogP contribution < -0.4 is 16.4 Å². The lowest BCUT2D eigenvalue weighted by molar-refractivity contribution is -0.265. The van der Waals surface area contributed by atoms with Gasteiger partial charge in [-0.3, -0.25) is 18.7 Å². The summed E-state index contributed by atoms with van der Waals surface area (Å²) in [7, 11) is -4.05. The number of hydrogen-bond donors (Lipinski definition) is 6. The first kappa shape index (κ1) is 48.7. The number of hydrogen-bond acceptors (Lipinski definition) is 17. The minimum Gasteiger partial charge on any atom is -0.388 e. The van der Waals surface area contributed by atoms with E-state index in [-0.39, 0.29) is 70.4 Å². The summed E-state index contributed by atoms with van der Waals surface area (Å²) in [5, 5.41) is 25.1. The van der Waals surface area contributed by atoms with Gasteiger partial charge in [-0.1, -0.05) is 6.92 Å². The zero-order valence-electron chi connectivity index (χ0n) is 35.3. The van der Waals surface area contributed by atoms with Crippen molar-refractivity contribution in [2.45, 2.75) is 147 Å². The van der Waals surface area contributed by atoms with Gasteiger partial charge in [-0.15, -0.1) is 0 Å². The van der Waals surface area contributed by atoms with E-state index < -0.39 is 73.5 Å². The number of nitrogens with zero attached hydrogens (tertiary/aromatic N) is 4. The molecule has 4 rings (SSSR count). The molecule has 59 heavy (non-hydrogen) atoms. The van der Waals surface area contributed by atoms with Crippen molar-refractivity contribution in [1.82, 2.24) is 30.2 Å². The van der Waals surface area contributed by atoms with Crippen LogP contribution in [0.4, 0.5) is 5.82 Å². The molecule has 0 aromatic carbocycles. The van der Waals surface area contributed by atoms with Crippen LogP contribution in [0.25, 0.3) is 11.2 Å². The van der Waals surface area contributed by atoms with E-state index in [9.17, 15) is 29.3 Å². The fourth-order valence-corrected chi connectivity index (χ4v) is 7.10. The summed E-state index contributed by atoms with van der Waals surface area (Å²) in [6.45, 7) is 14.3. The summed E-state index contributed by atoms with van der Waals surface area (Å²) in [5.41, 5.74) is 6.13. The Balaban J connectivity index is 1.20. The molecule has 4 heterocycles. The minimum atomic E-state index is -4.05. The summed E-state index contributed by atoms with van der Waals surface area (Å²) in [6.07, 6.45) is -2.68. The molecule has 2 aliphatic rings. The van der Waals surface area contributed by atoms with Gasteiger partial charge in [-0.05, 0) is 60.8 Å². The highest BCUT2D eigenvalue weighted by Crippen LogP contribution is 2.55. The zero-order chi connectivity index (χ0) is 43.5. The highest BCUT2D eigenvalue weighted by molar-refractivity contribution is 7.54. The molecular weight excluding hydrogens is 797 g/mol. The highest BCUT2D eigenvalue weighted by Gasteiger charge is 2.51. The number of aliphatic hydroxyl groups is 2. The number of nitrogens with one attached hydrogen (secondary N) is 2. The maximum absolute atomic E-state index is 13.0. The van der Waals surface area contributed by atoms with E-state index in [1.54, 1.807) is 25.3 Å². The van der Waals surface area contributed by atoms with Gasteiger partial charge in [0.05, 0.1) is 49.6 Å². The number of nitrogen functional groups attached to an aromatic ring is 1. The molecule has 2 aromatic rings. The van der Waals surface area contributed by atoms with Crippen molar-refractivity contribution in [2.75, 3.05) is 52.1 Å². The SMILES string of the molecule is CC[C@H]1O[C@@H](OCCCCC(=O)NCCOCCOCO[C@@H]2[C@H](OC(C)(C)C)[C@@H](COP(=O)(O)C(C)(C)C)O[C@H]2n2cnc3c(N)ncnc32)[C@H](NC(C)=O)[C@@H](O)[C@H]1O. The van der Waals surface area contributed by atoms with Crippen LogP contribution in [0.2, 0.25) is 0 Å². The number of anilines is 1. The number of imidazole rings is 1. The Morgan fingerprint density at radius 1 is 0.949 bits per heavy atom. The second-order valence-corrected chi connectivity index (χ2v) is 19.1. The van der Waals surface area contributed by atoms with Gasteiger partial charge in [0.1, 0.15) is 55.2 Å². The molecule has 2 saturated heterocycles. The molecule has 1 unspecified atom stereocenters. The van der Waals surface area contributed by atoms with Gasteiger partial charge in [0.2, 0.25) is 11.8 Å². The standard InChI is InChI=1S/C37H64N7O14P/c1-9-23-28(47)29(48)26(43-22(2)45)35(57-23)53-14-11-10-12-25(46)39-13-15-51-16-17-52-21-54-31-30(58-36(3,4)5)24(18-55-59(49,50)37(6,7)8)56-34(31)44-20-42-27-32(38)40-19-41-33(27)44/h19-20,23-24,26,28-31,34-35,47-48H,9-18,21H2,1-8H3,(H,39,46)(H,43,45)(H,49,50)(H2,38,40,41)/t23-,24-,26-,28+,29-,30-,31-,34-,35-/m1/s1. The molecule has 0 saturated carbocycles. The first-order valence-corrected chi connectivity index (χ1v) is 21.5. The summed E-state index contributed by atoms with van der Waals surface area (Å²) < 4.78 is 62.3. The molecule has 7 N–H and O–H groups in total. The molecule has 0 spiro atoms. The lowest BCUT2D eigenvalue weighted by atomic mass is 9.95. The maximum Gasteiger partial charge on any atom is 0.333 e. The largest absolute Gasteiger partial charge is 0.388 e. The first-order valence-electron chi connectivity index (χ1n) is 19.9. The van der Waals surface area contributed by atoms with Gasteiger partial charge in [-0.2, -0.15) is 0 Å². The fourth-order valence-electron chi connectivity index (χ4n) is 6.36. The van der Waals surface area contributed by atoms with E-state index in [2.05, 4.69) is 25.6 Å². The number of carbonyl (C=O) groups excluding carboxylic acids is 2. The zero-order valence-corrected chi connectivity index (χ0v) is 36.2. The Labute approximate surface area is 344 Å². The summed E-state index contributed by atoms with van der Waals surface area (Å²) in [5.74, 6) is -0.360. The monoisotopic (exact) mass is 861 g/mol. The Hall–Kier alpha value is -2.92. The molecule has 22 heteroatoms. The lowest BCUT2D eigenvalue weighted by Crippen LogP contribution is -2.63. The van der Waals surface area contributed by atoms with Crippen LogP contribution in [-0.2, 0) is 51.8 Å². The van der Waals surface area contributed by atoms with Crippen LogP contribution in [0.5, 0.6) is 0 Å². The van der Waals surface area contributed by atoms with Crippen molar-refractivity contribution in [2.24, 2.45) is 0 Å². The third kappa shape index (κ3) is 13.8. The third-order valence-corrected chi connectivity index (χ3v) is 11.7. The number of amides is 2. The third-order valence-electron chi connectivity index (χ3n) is 9.54. The fraction of sp³-hybridized carbons (Fsp3) is 0.811. The molecule has 0 aliphatic carbocycles. The number of nitrogens with two attached hydrogens (primary N) is 1. The van der Waals surface area contributed by atoms with E-state index >= 15 is 0 Å². The molecule has 2 aliphatic heterocycles. The van der Waals surface area contributed by atoms with Crippen molar-refractivity contribution in [3.05, 3.63) is 12.7 Å². The van der Waals surface area contributed by atoms with Gasteiger partial charge in [0.25, 0.3) is 0 Å². The molecule has 336 valence electrons. The van der Waals surface area contributed by atoms with Crippen LogP contribution in [0.15, 0.2) is 12.7 Å². The number of ether oxygens (including phenoxy) is 7. The average Bonchev–Trinajstić information content (AvgIpc) is 3.73. The van der Waals surface area contributed by atoms with Crippen molar-refractivity contribution in [3.8, 4) is 0 Å². The van der Waals surface area contributed by atoms with Crippen LogP contribution in [0.1, 0.15) is 87.3 Å². The summed E-state index contributed by atoms with van der Waals surface area (Å²) in [4.78, 5) is 47.3. The number of carbonyl (C=O) groups is 2. The molecular formula is C37H64N7O14P. The second-order valence-electron chi connectivity index (χ2n) is 16.4. The Bertz CT molecular complexity index is 1690. The number of aromatic nitrogens is 4. The maximum atomic E-state index is 13.0. The van der Waals surface area contributed by atoms with Gasteiger partial charge in [-0.25, -0.2) is 15.0 Å². The second kappa shape index (κ2) is 21.7. The van der Waals surface area contributed by atoms with Crippen LogP contribution in [0, 0.1) is 0 Å². The smallest absolute Gasteiger partial charge is 0.333 e. The van der Waals surface area contributed by atoms with Crippen molar-refractivity contribution in [1.29, 1.82) is 0 Å². The topological polar surface area (TPSA) is 279 Å². The van der Waals surface area contributed by atoms with Crippen LogP contribution in [-0.4, -0.2) is 153 Å². The van der Waals surface area contributed by atoms with Crippen molar-refractivity contribution >= 4 is 36.4 Å². The molecule has 10 atom stereocenters. The molecule has 0 bridgehead atoms. The molecule has 2 aromatic heterocycles. The Kier molecular flexibility index (Phi) is 18.0. The number of unbranched alkanes of at least 4 members (excludes halogenated alkanes) is 1.